The molecule has 0 aliphatic carbocycles. The van der Waals surface area contributed by atoms with Gasteiger partial charge in [-0.25, -0.2) is 0 Å². The molecule has 0 aliphatic rings. The second kappa shape index (κ2) is 10.8. The van der Waals surface area contributed by atoms with Gasteiger partial charge in [0.15, 0.2) is 6.23 Å². The lowest BCUT2D eigenvalue weighted by atomic mass is 10.1. The van der Waals surface area contributed by atoms with Gasteiger partial charge in [0.1, 0.15) is 0 Å². The van der Waals surface area contributed by atoms with E-state index >= 15 is 0 Å². The number of hydrogen-bond donors (Lipinski definition) is 0. The first-order chi connectivity index (χ1) is 8.52. The maximum atomic E-state index is 5.97. The molecule has 0 radical (unpaired) electrons. The van der Waals surface area contributed by atoms with Gasteiger partial charge in [-0.1, -0.05) is 58.8 Å². The van der Waals surface area contributed by atoms with Crippen molar-refractivity contribution >= 4 is 0 Å². The molecule has 0 saturated heterocycles. The minimum atomic E-state index is 0.356. The van der Waals surface area contributed by atoms with E-state index in [9.17, 15) is 0 Å². The highest BCUT2D eigenvalue weighted by Crippen LogP contribution is 2.11. The van der Waals surface area contributed by atoms with Crippen LogP contribution in [-0.4, -0.2) is 38.5 Å². The van der Waals surface area contributed by atoms with Crippen molar-refractivity contribution < 1.29 is 9.22 Å². The SMILES string of the molecule is CCCCCCCCCCOC(CC)[N+](C)(C)C. The van der Waals surface area contributed by atoms with E-state index in [1.165, 1.54) is 51.4 Å². The van der Waals surface area contributed by atoms with Crippen molar-refractivity contribution in [1.82, 2.24) is 0 Å². The first kappa shape index (κ1) is 17.9. The number of rotatable bonds is 12. The molecular formula is C16H36NO+. The largest absolute Gasteiger partial charge is 0.329 e. The van der Waals surface area contributed by atoms with Gasteiger partial charge < -0.3 is 9.22 Å². The first-order valence-corrected chi connectivity index (χ1v) is 7.95. The average molecular weight is 258 g/mol. The second-order valence-corrected chi connectivity index (χ2v) is 6.32. The fraction of sp³-hybridized carbons (Fsp3) is 1.00. The predicted octanol–water partition coefficient (Wildman–Crippen LogP) is 4.59. The number of quaternary nitrogens is 1. The molecule has 0 aromatic heterocycles. The fourth-order valence-corrected chi connectivity index (χ4v) is 2.34. The molecule has 0 fully saturated rings. The van der Waals surface area contributed by atoms with E-state index in [0.29, 0.717) is 6.23 Å². The maximum Gasteiger partial charge on any atom is 0.192 e. The summed E-state index contributed by atoms with van der Waals surface area (Å²) in [7, 11) is 6.63. The van der Waals surface area contributed by atoms with Crippen molar-refractivity contribution in [2.24, 2.45) is 0 Å². The zero-order chi connectivity index (χ0) is 13.9. The Bertz CT molecular complexity index is 174. The number of unbranched alkanes of at least 4 members (excludes halogenated alkanes) is 7. The summed E-state index contributed by atoms with van der Waals surface area (Å²) in [5.74, 6) is 0. The van der Waals surface area contributed by atoms with E-state index in [1.54, 1.807) is 0 Å². The van der Waals surface area contributed by atoms with E-state index in [4.69, 9.17) is 4.74 Å². The van der Waals surface area contributed by atoms with Gasteiger partial charge >= 0.3 is 0 Å². The molecule has 1 atom stereocenters. The first-order valence-electron chi connectivity index (χ1n) is 7.95. The molecule has 0 heterocycles. The van der Waals surface area contributed by atoms with Gasteiger partial charge in [0, 0.05) is 6.42 Å². The van der Waals surface area contributed by atoms with E-state index in [-0.39, 0.29) is 0 Å². The molecule has 2 nitrogen and oxygen atoms in total. The smallest absolute Gasteiger partial charge is 0.192 e. The Balaban J connectivity index is 3.34. The van der Waals surface area contributed by atoms with E-state index in [2.05, 4.69) is 35.0 Å². The van der Waals surface area contributed by atoms with Crippen LogP contribution in [0.2, 0.25) is 0 Å². The molecule has 2 heteroatoms. The molecule has 0 aromatic rings. The summed E-state index contributed by atoms with van der Waals surface area (Å²) < 4.78 is 6.88. The van der Waals surface area contributed by atoms with Crippen molar-refractivity contribution in [1.29, 1.82) is 0 Å². The summed E-state index contributed by atoms with van der Waals surface area (Å²) in [4.78, 5) is 0. The highest BCUT2D eigenvalue weighted by Gasteiger charge is 2.21. The van der Waals surface area contributed by atoms with Gasteiger partial charge in [-0.2, -0.15) is 0 Å². The lowest BCUT2D eigenvalue weighted by molar-refractivity contribution is -0.920. The van der Waals surface area contributed by atoms with E-state index < -0.39 is 0 Å². The summed E-state index contributed by atoms with van der Waals surface area (Å²) in [6.07, 6.45) is 12.4. The summed E-state index contributed by atoms with van der Waals surface area (Å²) >= 11 is 0. The molecule has 0 aromatic carbocycles. The van der Waals surface area contributed by atoms with Crippen LogP contribution in [0.4, 0.5) is 0 Å². The van der Waals surface area contributed by atoms with Gasteiger partial charge in [-0.3, -0.25) is 0 Å². The third-order valence-corrected chi connectivity index (χ3v) is 3.52. The minimum absolute atomic E-state index is 0.356. The van der Waals surface area contributed by atoms with Crippen LogP contribution in [0, 0.1) is 0 Å². The molecule has 0 bridgehead atoms. The van der Waals surface area contributed by atoms with Gasteiger partial charge in [-0.15, -0.1) is 0 Å². The Morgan fingerprint density at radius 3 is 1.72 bits per heavy atom. The topological polar surface area (TPSA) is 9.23 Å². The van der Waals surface area contributed by atoms with Gasteiger partial charge in [0.05, 0.1) is 27.7 Å². The summed E-state index contributed by atoms with van der Waals surface area (Å²) in [5.41, 5.74) is 0. The second-order valence-electron chi connectivity index (χ2n) is 6.32. The number of ether oxygens (including phenoxy) is 1. The highest BCUT2D eigenvalue weighted by atomic mass is 16.5. The molecule has 0 saturated carbocycles. The van der Waals surface area contributed by atoms with E-state index in [0.717, 1.165) is 17.5 Å². The van der Waals surface area contributed by atoms with Crippen LogP contribution in [0.3, 0.4) is 0 Å². The van der Waals surface area contributed by atoms with Crippen LogP contribution in [0.1, 0.15) is 71.6 Å². The molecule has 1 unspecified atom stereocenters. The van der Waals surface area contributed by atoms with Gasteiger partial charge in [-0.05, 0) is 6.42 Å². The Hall–Kier alpha value is -0.0800. The molecule has 18 heavy (non-hydrogen) atoms. The number of hydrogen-bond acceptors (Lipinski definition) is 1. The van der Waals surface area contributed by atoms with E-state index in [1.807, 2.05) is 0 Å². The lowest BCUT2D eigenvalue weighted by Crippen LogP contribution is -2.46. The molecule has 0 rings (SSSR count). The highest BCUT2D eigenvalue weighted by molar-refractivity contribution is 4.47. The number of nitrogens with zero attached hydrogens (tertiary/aromatic N) is 1. The van der Waals surface area contributed by atoms with Crippen molar-refractivity contribution in [3.8, 4) is 0 Å². The zero-order valence-corrected chi connectivity index (χ0v) is 13.5. The Morgan fingerprint density at radius 2 is 1.28 bits per heavy atom. The Kier molecular flexibility index (Phi) is 10.8. The predicted molar refractivity (Wildman–Crippen MR) is 80.7 cm³/mol. The van der Waals surface area contributed by atoms with Crippen LogP contribution >= 0.6 is 0 Å². The normalized spacial score (nSPS) is 13.8. The van der Waals surface area contributed by atoms with Crippen molar-refractivity contribution in [3.63, 3.8) is 0 Å². The minimum Gasteiger partial charge on any atom is -0.329 e. The third kappa shape index (κ3) is 9.90. The Morgan fingerprint density at radius 1 is 0.778 bits per heavy atom. The molecule has 0 amide bonds. The monoisotopic (exact) mass is 258 g/mol. The van der Waals surface area contributed by atoms with Crippen LogP contribution in [0.25, 0.3) is 0 Å². The summed E-state index contributed by atoms with van der Waals surface area (Å²) in [6.45, 7) is 5.42. The summed E-state index contributed by atoms with van der Waals surface area (Å²) in [6, 6.07) is 0. The quantitative estimate of drug-likeness (QED) is 0.283. The van der Waals surface area contributed by atoms with Crippen molar-refractivity contribution in [3.05, 3.63) is 0 Å². The lowest BCUT2D eigenvalue weighted by Gasteiger charge is -2.33. The summed E-state index contributed by atoms with van der Waals surface area (Å²) in [5, 5.41) is 0. The third-order valence-electron chi connectivity index (χ3n) is 3.52. The molecule has 110 valence electrons. The molecular weight excluding hydrogens is 222 g/mol. The van der Waals surface area contributed by atoms with Crippen molar-refractivity contribution in [2.75, 3.05) is 27.7 Å². The fourth-order valence-electron chi connectivity index (χ4n) is 2.34. The van der Waals surface area contributed by atoms with Crippen molar-refractivity contribution in [2.45, 2.75) is 77.9 Å². The van der Waals surface area contributed by atoms with Crippen LogP contribution < -0.4 is 0 Å². The maximum absolute atomic E-state index is 5.97. The zero-order valence-electron chi connectivity index (χ0n) is 13.5. The standard InChI is InChI=1S/C16H36NO/c1-6-8-9-10-11-12-13-14-15-18-16(7-2)17(3,4)5/h16H,6-15H2,1-5H3/q+1. The van der Waals surface area contributed by atoms with Crippen LogP contribution in [0.5, 0.6) is 0 Å². The van der Waals surface area contributed by atoms with Gasteiger partial charge in [0.25, 0.3) is 0 Å². The average Bonchev–Trinajstić information content (AvgIpc) is 2.30. The molecule has 0 aliphatic heterocycles. The Labute approximate surface area is 115 Å². The molecule has 0 N–H and O–H groups in total. The molecule has 0 spiro atoms. The van der Waals surface area contributed by atoms with Crippen LogP contribution in [-0.2, 0) is 4.74 Å². The van der Waals surface area contributed by atoms with Gasteiger partial charge in [0.2, 0.25) is 0 Å². The van der Waals surface area contributed by atoms with Crippen LogP contribution in [0.15, 0.2) is 0 Å².